The molecule has 0 aliphatic heterocycles. The Morgan fingerprint density at radius 3 is 2.37 bits per heavy atom. The molecule has 2 atom stereocenters. The fourth-order valence-electron chi connectivity index (χ4n) is 3.35. The van der Waals surface area contributed by atoms with E-state index in [1.807, 2.05) is 30.3 Å². The van der Waals surface area contributed by atoms with Gasteiger partial charge < -0.3 is 30.5 Å². The second kappa shape index (κ2) is 12.6. The Balaban J connectivity index is 2.36. The topological polar surface area (TPSA) is 128 Å². The van der Waals surface area contributed by atoms with E-state index in [0.717, 1.165) is 5.56 Å². The summed E-state index contributed by atoms with van der Waals surface area (Å²) in [6.07, 6.45) is 0.547. The molecule has 2 aromatic rings. The van der Waals surface area contributed by atoms with E-state index in [0.29, 0.717) is 5.56 Å². The third kappa shape index (κ3) is 8.46. The molecule has 0 fully saturated rings. The minimum atomic E-state index is -1.37. The van der Waals surface area contributed by atoms with Crippen LogP contribution in [0.2, 0.25) is 0 Å². The zero-order chi connectivity index (χ0) is 26.0. The Morgan fingerprint density at radius 1 is 1.11 bits per heavy atom. The number of aliphatic hydroxyl groups excluding tert-OH is 1. The molecule has 35 heavy (non-hydrogen) atoms. The summed E-state index contributed by atoms with van der Waals surface area (Å²) in [6, 6.07) is 12.7. The van der Waals surface area contributed by atoms with Crippen molar-refractivity contribution in [3.63, 3.8) is 0 Å². The highest BCUT2D eigenvalue weighted by molar-refractivity contribution is 5.92. The van der Waals surface area contributed by atoms with Crippen molar-refractivity contribution < 1.29 is 29.3 Å². The van der Waals surface area contributed by atoms with E-state index in [2.05, 4.69) is 17.2 Å². The van der Waals surface area contributed by atoms with E-state index in [1.165, 1.54) is 23.1 Å². The highest BCUT2D eigenvalue weighted by Crippen LogP contribution is 2.25. The Hall–Kier alpha value is -3.85. The van der Waals surface area contributed by atoms with Crippen LogP contribution in [0.3, 0.4) is 0 Å². The number of hydrogen-bond acceptors (Lipinski definition) is 6. The maximum atomic E-state index is 13.4. The number of amides is 3. The SMILES string of the molecule is C=CCN(C(=O)C(CO)NC(=O)OC(C)(C)C)C(C(=O)NCc1ccccc1)c1cccc(O)c1. The van der Waals surface area contributed by atoms with E-state index < -0.39 is 42.2 Å². The molecule has 2 rings (SSSR count). The third-order valence-electron chi connectivity index (χ3n) is 4.84. The summed E-state index contributed by atoms with van der Waals surface area (Å²) in [5, 5.41) is 25.1. The molecular weight excluding hydrogens is 450 g/mol. The van der Waals surface area contributed by atoms with E-state index in [-0.39, 0.29) is 18.8 Å². The summed E-state index contributed by atoms with van der Waals surface area (Å²) >= 11 is 0. The number of benzene rings is 2. The van der Waals surface area contributed by atoms with E-state index >= 15 is 0 Å². The number of nitrogens with zero attached hydrogens (tertiary/aromatic N) is 1. The van der Waals surface area contributed by atoms with Crippen LogP contribution in [-0.4, -0.2) is 57.8 Å². The van der Waals surface area contributed by atoms with Crippen molar-refractivity contribution in [3.8, 4) is 5.75 Å². The number of nitrogens with one attached hydrogen (secondary N) is 2. The molecule has 0 aromatic heterocycles. The van der Waals surface area contributed by atoms with Crippen molar-refractivity contribution in [2.24, 2.45) is 0 Å². The van der Waals surface area contributed by atoms with Gasteiger partial charge in [0.25, 0.3) is 0 Å². The number of phenolic OH excluding ortho intramolecular Hbond substituents is 1. The second-order valence-electron chi connectivity index (χ2n) is 8.86. The number of aliphatic hydroxyl groups is 1. The number of alkyl carbamates (subject to hydrolysis) is 1. The smallest absolute Gasteiger partial charge is 0.408 e. The monoisotopic (exact) mass is 483 g/mol. The van der Waals surface area contributed by atoms with Crippen molar-refractivity contribution in [2.75, 3.05) is 13.2 Å². The van der Waals surface area contributed by atoms with Crippen molar-refractivity contribution in [1.29, 1.82) is 0 Å². The molecule has 0 spiro atoms. The van der Waals surface area contributed by atoms with Gasteiger partial charge in [-0.05, 0) is 44.0 Å². The van der Waals surface area contributed by atoms with Gasteiger partial charge in [-0.3, -0.25) is 9.59 Å². The van der Waals surface area contributed by atoms with Gasteiger partial charge in [-0.15, -0.1) is 6.58 Å². The van der Waals surface area contributed by atoms with Gasteiger partial charge in [0.15, 0.2) is 0 Å². The van der Waals surface area contributed by atoms with Crippen molar-refractivity contribution >= 4 is 17.9 Å². The van der Waals surface area contributed by atoms with Crippen LogP contribution < -0.4 is 10.6 Å². The molecule has 0 heterocycles. The van der Waals surface area contributed by atoms with Crippen LogP contribution in [0, 0.1) is 0 Å². The predicted molar refractivity (Wildman–Crippen MR) is 131 cm³/mol. The van der Waals surface area contributed by atoms with Gasteiger partial charge in [0.2, 0.25) is 11.8 Å². The molecule has 0 aliphatic rings. The van der Waals surface area contributed by atoms with Gasteiger partial charge in [-0.25, -0.2) is 4.79 Å². The summed E-state index contributed by atoms with van der Waals surface area (Å²) in [6.45, 7) is 8.11. The zero-order valence-corrected chi connectivity index (χ0v) is 20.2. The number of carbonyl (C=O) groups is 3. The third-order valence-corrected chi connectivity index (χ3v) is 4.84. The first-order chi connectivity index (χ1) is 16.6. The molecule has 2 unspecified atom stereocenters. The van der Waals surface area contributed by atoms with Crippen LogP contribution in [0.25, 0.3) is 0 Å². The standard InChI is InChI=1S/C26H33N3O6/c1-5-14-29(24(33)21(17-30)28-25(34)35-26(2,3)4)22(19-12-9-13-20(31)15-19)23(32)27-16-18-10-7-6-8-11-18/h5-13,15,21-22,30-31H,1,14,16-17H2,2-4H3,(H,27,32)(H,28,34). The minimum Gasteiger partial charge on any atom is -0.508 e. The van der Waals surface area contributed by atoms with E-state index in [1.54, 1.807) is 32.9 Å². The molecule has 0 bridgehead atoms. The summed E-state index contributed by atoms with van der Waals surface area (Å²) in [5.74, 6) is -1.31. The van der Waals surface area contributed by atoms with Crippen molar-refractivity contribution in [3.05, 3.63) is 78.4 Å². The summed E-state index contributed by atoms with van der Waals surface area (Å²) in [7, 11) is 0. The average Bonchev–Trinajstić information content (AvgIpc) is 2.80. The summed E-state index contributed by atoms with van der Waals surface area (Å²) in [5.41, 5.74) is 0.395. The fraction of sp³-hybridized carbons (Fsp3) is 0.346. The zero-order valence-electron chi connectivity index (χ0n) is 20.2. The lowest BCUT2D eigenvalue weighted by molar-refractivity contribution is -0.142. The van der Waals surface area contributed by atoms with Gasteiger partial charge in [-0.2, -0.15) is 0 Å². The first-order valence-electron chi connectivity index (χ1n) is 11.2. The molecule has 2 aromatic carbocycles. The lowest BCUT2D eigenvalue weighted by Gasteiger charge is -2.33. The average molecular weight is 484 g/mol. The van der Waals surface area contributed by atoms with Crippen LogP contribution >= 0.6 is 0 Å². The fourth-order valence-corrected chi connectivity index (χ4v) is 3.35. The number of hydrogen-bond donors (Lipinski definition) is 4. The molecule has 4 N–H and O–H groups in total. The van der Waals surface area contributed by atoms with Gasteiger partial charge in [0, 0.05) is 13.1 Å². The van der Waals surface area contributed by atoms with Crippen molar-refractivity contribution in [1.82, 2.24) is 15.5 Å². The summed E-state index contributed by atoms with van der Waals surface area (Å²) < 4.78 is 5.19. The molecule has 9 heteroatoms. The number of carbonyl (C=O) groups excluding carboxylic acids is 3. The Morgan fingerprint density at radius 2 is 1.80 bits per heavy atom. The quantitative estimate of drug-likeness (QED) is 0.385. The van der Waals surface area contributed by atoms with Crippen LogP contribution in [0.5, 0.6) is 5.75 Å². The Bertz CT molecular complexity index is 1020. The van der Waals surface area contributed by atoms with E-state index in [9.17, 15) is 24.6 Å². The van der Waals surface area contributed by atoms with Gasteiger partial charge >= 0.3 is 6.09 Å². The number of phenols is 1. The molecule has 9 nitrogen and oxygen atoms in total. The first kappa shape index (κ1) is 27.4. The van der Waals surface area contributed by atoms with Crippen LogP contribution in [0.15, 0.2) is 67.3 Å². The molecule has 0 saturated heterocycles. The normalized spacial score (nSPS) is 12.7. The highest BCUT2D eigenvalue weighted by atomic mass is 16.6. The molecule has 188 valence electrons. The van der Waals surface area contributed by atoms with Crippen molar-refractivity contribution in [2.45, 2.75) is 45.0 Å². The maximum absolute atomic E-state index is 13.4. The first-order valence-corrected chi connectivity index (χ1v) is 11.2. The van der Waals surface area contributed by atoms with Crippen LogP contribution in [0.1, 0.15) is 37.9 Å². The molecular formula is C26H33N3O6. The molecule has 3 amide bonds. The Labute approximate surface area is 205 Å². The number of ether oxygens (including phenoxy) is 1. The van der Waals surface area contributed by atoms with Gasteiger partial charge in [0.1, 0.15) is 23.4 Å². The van der Waals surface area contributed by atoms with Crippen LogP contribution in [0.4, 0.5) is 4.79 Å². The van der Waals surface area contributed by atoms with E-state index in [4.69, 9.17) is 4.74 Å². The van der Waals surface area contributed by atoms with Gasteiger partial charge in [0.05, 0.1) is 6.61 Å². The summed E-state index contributed by atoms with van der Waals surface area (Å²) in [4.78, 5) is 40.2. The van der Waals surface area contributed by atoms with Crippen LogP contribution in [-0.2, 0) is 20.9 Å². The predicted octanol–water partition coefficient (Wildman–Crippen LogP) is 2.65. The molecule has 0 radical (unpaired) electrons. The molecule has 0 aliphatic carbocycles. The highest BCUT2D eigenvalue weighted by Gasteiger charge is 2.35. The molecule has 0 saturated carbocycles. The number of rotatable bonds is 10. The lowest BCUT2D eigenvalue weighted by atomic mass is 10.0. The largest absolute Gasteiger partial charge is 0.508 e. The maximum Gasteiger partial charge on any atom is 0.408 e. The second-order valence-corrected chi connectivity index (χ2v) is 8.86. The minimum absolute atomic E-state index is 0.0651. The Kier molecular flexibility index (Phi) is 9.84. The lowest BCUT2D eigenvalue weighted by Crippen LogP contribution is -2.54. The van der Waals surface area contributed by atoms with Gasteiger partial charge in [-0.1, -0.05) is 48.5 Å². The number of aromatic hydroxyl groups is 1.